The number of morpholine rings is 1. The van der Waals surface area contributed by atoms with Gasteiger partial charge in [-0.1, -0.05) is 18.2 Å². The highest BCUT2D eigenvalue weighted by Crippen LogP contribution is 2.33. The highest BCUT2D eigenvalue weighted by atomic mass is 16.5. The molecule has 1 saturated heterocycles. The summed E-state index contributed by atoms with van der Waals surface area (Å²) < 4.78 is 5.32. The van der Waals surface area contributed by atoms with Crippen molar-refractivity contribution in [1.29, 1.82) is 0 Å². The van der Waals surface area contributed by atoms with E-state index < -0.39 is 0 Å². The number of anilines is 4. The topological polar surface area (TPSA) is 70.6 Å². The van der Waals surface area contributed by atoms with Crippen molar-refractivity contribution in [3.05, 3.63) is 71.9 Å². The van der Waals surface area contributed by atoms with Crippen LogP contribution in [0.2, 0.25) is 0 Å². The summed E-state index contributed by atoms with van der Waals surface area (Å²) in [5.41, 5.74) is 4.05. The average molecular weight is 401 g/mol. The molecule has 0 saturated carbocycles. The predicted molar refractivity (Wildman–Crippen MR) is 116 cm³/mol. The third-order valence-electron chi connectivity index (χ3n) is 5.49. The van der Waals surface area contributed by atoms with E-state index in [2.05, 4.69) is 39.5 Å². The number of rotatable bonds is 4. The molecule has 1 N–H and O–H groups in total. The van der Waals surface area contributed by atoms with Crippen molar-refractivity contribution in [1.82, 2.24) is 14.9 Å². The fraction of sp³-hybridized carbons (Fsp3) is 0.261. The van der Waals surface area contributed by atoms with Crippen molar-refractivity contribution < 1.29 is 9.53 Å². The van der Waals surface area contributed by atoms with Gasteiger partial charge in [-0.05, 0) is 48.4 Å². The highest BCUT2D eigenvalue weighted by molar-refractivity contribution is 5.94. The van der Waals surface area contributed by atoms with E-state index in [-0.39, 0.29) is 5.91 Å². The van der Waals surface area contributed by atoms with E-state index in [4.69, 9.17) is 9.72 Å². The van der Waals surface area contributed by atoms with Gasteiger partial charge in [-0.2, -0.15) is 4.98 Å². The Kier molecular flexibility index (Phi) is 5.03. The minimum absolute atomic E-state index is 0.0378. The van der Waals surface area contributed by atoms with Crippen LogP contribution in [0.15, 0.2) is 60.8 Å². The van der Waals surface area contributed by atoms with E-state index >= 15 is 0 Å². The lowest BCUT2D eigenvalue weighted by molar-refractivity contribution is 0.0303. The van der Waals surface area contributed by atoms with E-state index in [1.807, 2.05) is 35.2 Å². The van der Waals surface area contributed by atoms with Crippen LogP contribution in [0.5, 0.6) is 0 Å². The number of hydrogen-bond acceptors (Lipinski definition) is 6. The van der Waals surface area contributed by atoms with Gasteiger partial charge in [0.1, 0.15) is 5.82 Å². The summed E-state index contributed by atoms with van der Waals surface area (Å²) in [6.07, 6.45) is 2.78. The molecule has 3 heterocycles. The molecule has 0 spiro atoms. The molecule has 0 radical (unpaired) electrons. The fourth-order valence-electron chi connectivity index (χ4n) is 3.91. The number of carbonyl (C=O) groups excluding carboxylic acids is 1. The first kappa shape index (κ1) is 18.6. The minimum Gasteiger partial charge on any atom is -0.378 e. The molecule has 0 bridgehead atoms. The molecule has 1 fully saturated rings. The Hall–Kier alpha value is -3.45. The summed E-state index contributed by atoms with van der Waals surface area (Å²) in [5, 5.41) is 3.24. The second-order valence-corrected chi connectivity index (χ2v) is 7.38. The molecule has 7 nitrogen and oxygen atoms in total. The van der Waals surface area contributed by atoms with Gasteiger partial charge in [-0.3, -0.25) is 4.79 Å². The molecule has 152 valence electrons. The molecule has 2 aliphatic heterocycles. The molecular weight excluding hydrogens is 378 g/mol. The largest absolute Gasteiger partial charge is 0.378 e. The first-order valence-corrected chi connectivity index (χ1v) is 10.2. The lowest BCUT2D eigenvalue weighted by Crippen LogP contribution is -2.40. The number of ether oxygens (including phenoxy) is 1. The molecule has 2 aliphatic rings. The average Bonchev–Trinajstić information content (AvgIpc) is 3.24. The van der Waals surface area contributed by atoms with Crippen molar-refractivity contribution in [2.45, 2.75) is 6.42 Å². The molecule has 0 atom stereocenters. The molecule has 3 aromatic rings. The number of carbonyl (C=O) groups is 1. The summed E-state index contributed by atoms with van der Waals surface area (Å²) in [6, 6.07) is 17.8. The molecule has 30 heavy (non-hydrogen) atoms. The van der Waals surface area contributed by atoms with E-state index in [9.17, 15) is 4.79 Å². The van der Waals surface area contributed by atoms with Crippen LogP contribution in [0.3, 0.4) is 0 Å². The first-order valence-electron chi connectivity index (χ1n) is 10.2. The van der Waals surface area contributed by atoms with Gasteiger partial charge in [0.2, 0.25) is 5.95 Å². The van der Waals surface area contributed by atoms with Crippen LogP contribution in [0, 0.1) is 0 Å². The number of aromatic nitrogens is 2. The molecule has 7 heteroatoms. The van der Waals surface area contributed by atoms with Crippen LogP contribution in [0.4, 0.5) is 23.1 Å². The number of fused-ring (bicyclic) bond motifs is 1. The SMILES string of the molecule is O=C(c1ccc(Nc2nccc(N3CCc4ccccc43)n2)cc1)N1CCOCC1. The lowest BCUT2D eigenvalue weighted by atomic mass is 10.1. The van der Waals surface area contributed by atoms with Gasteiger partial charge >= 0.3 is 0 Å². The van der Waals surface area contributed by atoms with Crippen molar-refractivity contribution >= 4 is 29.0 Å². The Bertz CT molecular complexity index is 1050. The predicted octanol–water partition coefficient (Wildman–Crippen LogP) is 3.39. The zero-order valence-electron chi connectivity index (χ0n) is 16.6. The molecule has 1 aromatic heterocycles. The second kappa shape index (κ2) is 8.12. The molecule has 5 rings (SSSR count). The number of nitrogens with one attached hydrogen (secondary N) is 1. The van der Waals surface area contributed by atoms with E-state index in [0.717, 1.165) is 24.5 Å². The summed E-state index contributed by atoms with van der Waals surface area (Å²) in [4.78, 5) is 25.7. The quantitative estimate of drug-likeness (QED) is 0.723. The number of nitrogens with zero attached hydrogens (tertiary/aromatic N) is 4. The van der Waals surface area contributed by atoms with Crippen LogP contribution in [-0.4, -0.2) is 53.6 Å². The van der Waals surface area contributed by atoms with Gasteiger partial charge in [0, 0.05) is 42.8 Å². The Balaban J connectivity index is 1.30. The van der Waals surface area contributed by atoms with Gasteiger partial charge in [-0.15, -0.1) is 0 Å². The Labute approximate surface area is 175 Å². The highest BCUT2D eigenvalue weighted by Gasteiger charge is 2.21. The Morgan fingerprint density at radius 2 is 1.77 bits per heavy atom. The third-order valence-corrected chi connectivity index (χ3v) is 5.49. The van der Waals surface area contributed by atoms with Crippen LogP contribution in [0.25, 0.3) is 0 Å². The molecule has 1 amide bonds. The molecular formula is C23H23N5O2. The van der Waals surface area contributed by atoms with Gasteiger partial charge in [-0.25, -0.2) is 4.98 Å². The van der Waals surface area contributed by atoms with Gasteiger partial charge in [0.15, 0.2) is 0 Å². The van der Waals surface area contributed by atoms with Gasteiger partial charge in [0.25, 0.3) is 5.91 Å². The smallest absolute Gasteiger partial charge is 0.254 e. The maximum absolute atomic E-state index is 12.6. The standard InChI is InChI=1S/C23H23N5O2/c29-22(27-13-15-30-16-14-27)18-5-7-19(8-6-18)25-23-24-11-9-21(26-23)28-12-10-17-3-1-2-4-20(17)28/h1-9,11H,10,12-16H2,(H,24,25,26). The van der Waals surface area contributed by atoms with Crippen molar-refractivity contribution in [3.63, 3.8) is 0 Å². The first-order chi connectivity index (χ1) is 14.8. The maximum atomic E-state index is 12.6. The van der Waals surface area contributed by atoms with Crippen LogP contribution in [0.1, 0.15) is 15.9 Å². The zero-order valence-corrected chi connectivity index (χ0v) is 16.6. The monoisotopic (exact) mass is 401 g/mol. The van der Waals surface area contributed by atoms with Crippen molar-refractivity contribution in [2.24, 2.45) is 0 Å². The number of hydrogen-bond donors (Lipinski definition) is 1. The van der Waals surface area contributed by atoms with Crippen molar-refractivity contribution in [3.8, 4) is 0 Å². The number of amides is 1. The number of para-hydroxylation sites is 1. The minimum atomic E-state index is 0.0378. The van der Waals surface area contributed by atoms with Crippen LogP contribution < -0.4 is 10.2 Å². The summed E-state index contributed by atoms with van der Waals surface area (Å²) in [5.74, 6) is 1.44. The Morgan fingerprint density at radius 3 is 2.60 bits per heavy atom. The summed E-state index contributed by atoms with van der Waals surface area (Å²) >= 11 is 0. The van der Waals surface area contributed by atoms with E-state index in [0.29, 0.717) is 37.8 Å². The van der Waals surface area contributed by atoms with Crippen molar-refractivity contribution in [2.75, 3.05) is 43.1 Å². The maximum Gasteiger partial charge on any atom is 0.254 e. The Morgan fingerprint density at radius 1 is 0.967 bits per heavy atom. The van der Waals surface area contributed by atoms with E-state index in [1.165, 1.54) is 11.3 Å². The fourth-order valence-corrected chi connectivity index (χ4v) is 3.91. The summed E-state index contributed by atoms with van der Waals surface area (Å²) in [6.45, 7) is 3.38. The second-order valence-electron chi connectivity index (χ2n) is 7.38. The normalized spacial score (nSPS) is 15.7. The summed E-state index contributed by atoms with van der Waals surface area (Å²) in [7, 11) is 0. The third kappa shape index (κ3) is 3.71. The van der Waals surface area contributed by atoms with Gasteiger partial charge in [0.05, 0.1) is 13.2 Å². The number of benzene rings is 2. The van der Waals surface area contributed by atoms with Gasteiger partial charge < -0.3 is 19.9 Å². The molecule has 0 aliphatic carbocycles. The van der Waals surface area contributed by atoms with Crippen LogP contribution in [-0.2, 0) is 11.2 Å². The van der Waals surface area contributed by atoms with E-state index in [1.54, 1.807) is 6.20 Å². The molecule has 2 aromatic carbocycles. The van der Waals surface area contributed by atoms with Crippen LogP contribution >= 0.6 is 0 Å². The lowest BCUT2D eigenvalue weighted by Gasteiger charge is -2.26. The molecule has 0 unspecified atom stereocenters. The zero-order chi connectivity index (χ0) is 20.3.